The third-order valence-corrected chi connectivity index (χ3v) is 4.70. The zero-order valence-electron chi connectivity index (χ0n) is 15.4. The normalized spacial score (nSPS) is 16.5. The number of ether oxygens (including phenoxy) is 1. The number of hydrogen-bond donors (Lipinski definition) is 2. The molecule has 1 aliphatic rings. The molecule has 1 aliphatic heterocycles. The molecule has 1 saturated heterocycles. The van der Waals surface area contributed by atoms with Gasteiger partial charge < -0.3 is 19.9 Å². The van der Waals surface area contributed by atoms with Crippen molar-refractivity contribution in [2.75, 3.05) is 33.8 Å². The third kappa shape index (κ3) is 4.76. The summed E-state index contributed by atoms with van der Waals surface area (Å²) in [6.45, 7) is 3.62. The van der Waals surface area contributed by atoms with E-state index in [9.17, 15) is 0 Å². The maximum atomic E-state index is 5.29. The zero-order valence-corrected chi connectivity index (χ0v) is 15.4. The second-order valence-electron chi connectivity index (χ2n) is 6.33. The molecule has 1 atom stereocenters. The van der Waals surface area contributed by atoms with Crippen LogP contribution in [0.1, 0.15) is 30.1 Å². The summed E-state index contributed by atoms with van der Waals surface area (Å²) in [6.07, 6.45) is 4.08. The summed E-state index contributed by atoms with van der Waals surface area (Å²) in [5, 5.41) is 10.6. The predicted molar refractivity (Wildman–Crippen MR) is 101 cm³/mol. The Balaban J connectivity index is 1.62. The molecule has 0 saturated carbocycles. The minimum absolute atomic E-state index is 0.300. The van der Waals surface area contributed by atoms with E-state index in [0.717, 1.165) is 37.0 Å². The number of hydrogen-bond acceptors (Lipinski definition) is 5. The van der Waals surface area contributed by atoms with Gasteiger partial charge in [-0.3, -0.25) is 9.89 Å². The van der Waals surface area contributed by atoms with Crippen LogP contribution in [-0.2, 0) is 6.54 Å². The quantitative estimate of drug-likeness (QED) is 0.584. The highest BCUT2D eigenvalue weighted by atomic mass is 16.5. The SMILES string of the molecule is CN=C(NCc1ccon1)NCC(c1ccc(OC)cc1)N1CCCC1. The molecule has 1 aromatic carbocycles. The van der Waals surface area contributed by atoms with E-state index in [1.807, 2.05) is 18.2 Å². The predicted octanol–water partition coefficient (Wildman–Crippen LogP) is 2.19. The lowest BCUT2D eigenvalue weighted by Gasteiger charge is -2.29. The molecular weight excluding hydrogens is 330 g/mol. The van der Waals surface area contributed by atoms with Crippen LogP contribution in [0.15, 0.2) is 46.1 Å². The molecule has 2 heterocycles. The fraction of sp³-hybridized carbons (Fsp3) is 0.474. The molecule has 1 aromatic heterocycles. The number of nitrogens with zero attached hydrogens (tertiary/aromatic N) is 3. The van der Waals surface area contributed by atoms with Crippen LogP contribution in [-0.4, -0.2) is 49.8 Å². The average Bonchev–Trinajstić information content (AvgIpc) is 3.39. The van der Waals surface area contributed by atoms with Crippen molar-refractivity contribution in [3.8, 4) is 5.75 Å². The van der Waals surface area contributed by atoms with Gasteiger partial charge in [-0.2, -0.15) is 0 Å². The summed E-state index contributed by atoms with van der Waals surface area (Å²) < 4.78 is 10.1. The molecule has 3 rings (SSSR count). The van der Waals surface area contributed by atoms with Gasteiger partial charge in [-0.15, -0.1) is 0 Å². The van der Waals surface area contributed by atoms with Crippen molar-refractivity contribution in [2.24, 2.45) is 4.99 Å². The fourth-order valence-corrected chi connectivity index (χ4v) is 3.25. The summed E-state index contributed by atoms with van der Waals surface area (Å²) in [5.41, 5.74) is 2.13. The van der Waals surface area contributed by atoms with Gasteiger partial charge in [-0.05, 0) is 43.6 Å². The molecule has 1 fully saturated rings. The number of aliphatic imine (C=N–C) groups is 1. The number of guanidine groups is 1. The molecule has 1 unspecified atom stereocenters. The Bertz CT molecular complexity index is 678. The molecule has 7 nitrogen and oxygen atoms in total. The van der Waals surface area contributed by atoms with Crippen LogP contribution in [0, 0.1) is 0 Å². The Hall–Kier alpha value is -2.54. The van der Waals surface area contributed by atoms with Gasteiger partial charge in [0.2, 0.25) is 0 Å². The van der Waals surface area contributed by atoms with Crippen molar-refractivity contribution in [1.29, 1.82) is 0 Å². The number of methoxy groups -OCH3 is 1. The van der Waals surface area contributed by atoms with E-state index < -0.39 is 0 Å². The second kappa shape index (κ2) is 9.24. The van der Waals surface area contributed by atoms with E-state index in [1.54, 1.807) is 20.4 Å². The number of nitrogens with one attached hydrogen (secondary N) is 2. The van der Waals surface area contributed by atoms with Crippen molar-refractivity contribution in [3.63, 3.8) is 0 Å². The maximum Gasteiger partial charge on any atom is 0.191 e. The van der Waals surface area contributed by atoms with Gasteiger partial charge in [0.1, 0.15) is 17.7 Å². The van der Waals surface area contributed by atoms with E-state index in [4.69, 9.17) is 9.26 Å². The molecule has 0 aliphatic carbocycles. The molecule has 140 valence electrons. The Labute approximate surface area is 154 Å². The number of aromatic nitrogens is 1. The lowest BCUT2D eigenvalue weighted by Crippen LogP contribution is -2.42. The monoisotopic (exact) mass is 357 g/mol. The second-order valence-corrected chi connectivity index (χ2v) is 6.33. The Morgan fingerprint density at radius 2 is 2.00 bits per heavy atom. The van der Waals surface area contributed by atoms with Crippen molar-refractivity contribution in [3.05, 3.63) is 47.9 Å². The Morgan fingerprint density at radius 1 is 1.23 bits per heavy atom. The highest BCUT2D eigenvalue weighted by Crippen LogP contribution is 2.26. The van der Waals surface area contributed by atoms with Crippen LogP contribution in [0.2, 0.25) is 0 Å². The summed E-state index contributed by atoms with van der Waals surface area (Å²) in [7, 11) is 3.47. The fourth-order valence-electron chi connectivity index (χ4n) is 3.25. The summed E-state index contributed by atoms with van der Waals surface area (Å²) in [5.74, 6) is 1.64. The molecular formula is C19H27N5O2. The number of rotatable bonds is 7. The average molecular weight is 357 g/mol. The van der Waals surface area contributed by atoms with Crippen molar-refractivity contribution < 1.29 is 9.26 Å². The number of likely N-dealkylation sites (tertiary alicyclic amines) is 1. The van der Waals surface area contributed by atoms with Crippen molar-refractivity contribution in [1.82, 2.24) is 20.7 Å². The van der Waals surface area contributed by atoms with Gasteiger partial charge in [0.05, 0.1) is 19.7 Å². The van der Waals surface area contributed by atoms with E-state index in [2.05, 4.69) is 37.8 Å². The first-order valence-corrected chi connectivity index (χ1v) is 9.02. The van der Waals surface area contributed by atoms with Gasteiger partial charge in [0.15, 0.2) is 5.96 Å². The van der Waals surface area contributed by atoms with Crippen LogP contribution in [0.3, 0.4) is 0 Å². The summed E-state index contributed by atoms with van der Waals surface area (Å²) >= 11 is 0. The topological polar surface area (TPSA) is 74.9 Å². The van der Waals surface area contributed by atoms with Crippen molar-refractivity contribution in [2.45, 2.75) is 25.4 Å². The lowest BCUT2D eigenvalue weighted by atomic mass is 10.1. The van der Waals surface area contributed by atoms with Crippen LogP contribution in [0.5, 0.6) is 5.75 Å². The smallest absolute Gasteiger partial charge is 0.191 e. The highest BCUT2D eigenvalue weighted by Gasteiger charge is 2.23. The third-order valence-electron chi connectivity index (χ3n) is 4.70. The highest BCUT2D eigenvalue weighted by molar-refractivity contribution is 5.79. The van der Waals surface area contributed by atoms with Gasteiger partial charge in [-0.25, -0.2) is 0 Å². The van der Waals surface area contributed by atoms with E-state index in [-0.39, 0.29) is 0 Å². The maximum absolute atomic E-state index is 5.29. The first-order chi connectivity index (χ1) is 12.8. The van der Waals surface area contributed by atoms with Gasteiger partial charge in [0, 0.05) is 19.7 Å². The lowest BCUT2D eigenvalue weighted by molar-refractivity contribution is 0.245. The molecule has 0 bridgehead atoms. The molecule has 0 amide bonds. The van der Waals surface area contributed by atoms with Gasteiger partial charge in [0.25, 0.3) is 0 Å². The molecule has 26 heavy (non-hydrogen) atoms. The molecule has 2 aromatic rings. The summed E-state index contributed by atoms with van der Waals surface area (Å²) in [4.78, 5) is 6.83. The van der Waals surface area contributed by atoms with Gasteiger partial charge in [-0.1, -0.05) is 17.3 Å². The standard InChI is InChI=1S/C19H27N5O2/c1-20-19(21-13-16-9-12-26-23-16)22-14-18(24-10-3-4-11-24)15-5-7-17(25-2)8-6-15/h5-9,12,18H,3-4,10-11,13-14H2,1-2H3,(H2,20,21,22). The van der Waals surface area contributed by atoms with Crippen LogP contribution in [0.4, 0.5) is 0 Å². The molecule has 0 spiro atoms. The first-order valence-electron chi connectivity index (χ1n) is 9.02. The molecule has 2 N–H and O–H groups in total. The van der Waals surface area contributed by atoms with Crippen LogP contribution < -0.4 is 15.4 Å². The molecule has 7 heteroatoms. The Kier molecular flexibility index (Phi) is 6.49. The van der Waals surface area contributed by atoms with E-state index >= 15 is 0 Å². The minimum atomic E-state index is 0.300. The largest absolute Gasteiger partial charge is 0.497 e. The van der Waals surface area contributed by atoms with Gasteiger partial charge >= 0.3 is 0 Å². The van der Waals surface area contributed by atoms with Crippen molar-refractivity contribution >= 4 is 5.96 Å². The number of benzene rings is 1. The minimum Gasteiger partial charge on any atom is -0.497 e. The van der Waals surface area contributed by atoms with E-state index in [0.29, 0.717) is 12.6 Å². The van der Waals surface area contributed by atoms with E-state index in [1.165, 1.54) is 18.4 Å². The zero-order chi connectivity index (χ0) is 18.2. The van der Waals surface area contributed by atoms with Crippen LogP contribution >= 0.6 is 0 Å². The summed E-state index contributed by atoms with van der Waals surface area (Å²) in [6, 6.07) is 10.5. The Morgan fingerprint density at radius 3 is 2.62 bits per heavy atom. The first kappa shape index (κ1) is 18.3. The van der Waals surface area contributed by atoms with Crippen LogP contribution in [0.25, 0.3) is 0 Å². The molecule has 0 radical (unpaired) electrons.